The van der Waals surface area contributed by atoms with Crippen molar-refractivity contribution in [3.63, 3.8) is 0 Å². The molecule has 0 saturated heterocycles. The largest absolute Gasteiger partial charge is 0.464 e. The van der Waals surface area contributed by atoms with E-state index in [1.807, 2.05) is 41.5 Å². The molecule has 0 bridgehead atoms. The number of hydrogen-bond acceptors (Lipinski definition) is 9. The third kappa shape index (κ3) is 11.9. The van der Waals surface area contributed by atoms with Crippen molar-refractivity contribution in [2.45, 2.75) is 139 Å². The summed E-state index contributed by atoms with van der Waals surface area (Å²) in [6.07, 6.45) is 6.55. The summed E-state index contributed by atoms with van der Waals surface area (Å²) in [6, 6.07) is 22.3. The van der Waals surface area contributed by atoms with Gasteiger partial charge in [0, 0.05) is 10.0 Å². The van der Waals surface area contributed by atoms with Gasteiger partial charge in [-0.3, -0.25) is 23.0 Å². The molecule has 0 atom stereocenters. The second kappa shape index (κ2) is 22.5. The van der Waals surface area contributed by atoms with E-state index in [0.717, 1.165) is 32.6 Å². The number of hydrogen-bond donors (Lipinski definition) is 0. The normalized spacial score (nSPS) is 16.0. The van der Waals surface area contributed by atoms with Crippen molar-refractivity contribution in [1.82, 2.24) is 0 Å². The van der Waals surface area contributed by atoms with Crippen molar-refractivity contribution in [2.24, 2.45) is 11.8 Å². The van der Waals surface area contributed by atoms with Gasteiger partial charge in [0.25, 0.3) is 20.0 Å². The monoisotopic (exact) mass is 1010 g/mol. The Balaban J connectivity index is 1.58. The summed E-state index contributed by atoms with van der Waals surface area (Å²) >= 11 is 13.8. The first-order valence-corrected chi connectivity index (χ1v) is 27.5. The third-order valence-corrected chi connectivity index (χ3v) is 17.5. The number of ketones is 1. The Kier molecular flexibility index (Phi) is 17.5. The predicted molar refractivity (Wildman–Crippen MR) is 270 cm³/mol. The lowest BCUT2D eigenvalue weighted by atomic mass is 9.55. The number of nitrogens with zero attached hydrogens (tertiary/aromatic N) is 2. The van der Waals surface area contributed by atoms with Gasteiger partial charge in [0.1, 0.15) is 13.1 Å². The maximum Gasteiger partial charge on any atom is 0.326 e. The Morgan fingerprint density at radius 3 is 1.21 bits per heavy atom. The second-order valence-corrected chi connectivity index (χ2v) is 24.0. The zero-order chi connectivity index (χ0) is 49.4. The number of anilines is 2. The van der Waals surface area contributed by atoms with E-state index in [-0.39, 0.29) is 62.0 Å². The lowest BCUT2D eigenvalue weighted by Gasteiger charge is -2.48. The molecule has 2 aliphatic rings. The van der Waals surface area contributed by atoms with Crippen molar-refractivity contribution in [3.8, 4) is 0 Å². The van der Waals surface area contributed by atoms with E-state index in [0.29, 0.717) is 75.3 Å². The number of sulfonamides is 2. The number of halogens is 2. The number of rotatable bonds is 20. The Hall–Kier alpha value is -4.43. The molecule has 2 fully saturated rings. The highest BCUT2D eigenvalue weighted by Gasteiger charge is 2.55. The Morgan fingerprint density at radius 2 is 0.882 bits per heavy atom. The van der Waals surface area contributed by atoms with Crippen LogP contribution in [0.3, 0.4) is 0 Å². The molecule has 4 aromatic rings. The van der Waals surface area contributed by atoms with Crippen LogP contribution in [0, 0.1) is 25.7 Å². The Labute approximate surface area is 414 Å². The molecule has 0 amide bonds. The summed E-state index contributed by atoms with van der Waals surface area (Å²) in [5, 5.41) is 0.530. The van der Waals surface area contributed by atoms with Gasteiger partial charge in [0.2, 0.25) is 0 Å². The van der Waals surface area contributed by atoms with Crippen LogP contribution in [-0.4, -0.2) is 60.9 Å². The molecule has 6 rings (SSSR count). The third-order valence-electron chi connectivity index (χ3n) is 13.4. The molecule has 0 unspecified atom stereocenters. The average Bonchev–Trinajstić information content (AvgIpc) is 3.30. The molecule has 0 aromatic heterocycles. The van der Waals surface area contributed by atoms with Crippen molar-refractivity contribution < 1.29 is 40.7 Å². The van der Waals surface area contributed by atoms with Gasteiger partial charge < -0.3 is 9.47 Å². The molecule has 2 saturated carbocycles. The van der Waals surface area contributed by atoms with Crippen LogP contribution in [0.2, 0.25) is 10.0 Å². The smallest absolute Gasteiger partial charge is 0.326 e. The average molecular weight is 1010 g/mol. The minimum Gasteiger partial charge on any atom is -0.464 e. The van der Waals surface area contributed by atoms with Crippen LogP contribution in [0.4, 0.5) is 11.4 Å². The number of benzene rings is 4. The standard InChI is InChI=1S/C53H66Cl2N2O9S2/c1-37(2)25-31-65-49(58)35-56(67(61,62)43-19-13-39(5)14-20-43)47-23-17-41(54)33-45(47)52(27-9-7-10-28-52)51(60)53(29-11-8-12-30-53)46-34-42(55)18-24-48(46)57(36-50(59)66-32-26-38(3)4)68(63,64)44-21-15-40(6)16-22-44/h13-24,33-34,37-38H,7-12,25-32,35-36H2,1-6H3. The molecular weight excluding hydrogens is 944 g/mol. The van der Waals surface area contributed by atoms with E-state index in [2.05, 4.69) is 0 Å². The van der Waals surface area contributed by atoms with Crippen LogP contribution >= 0.6 is 23.2 Å². The highest BCUT2D eigenvalue weighted by atomic mass is 35.5. The van der Waals surface area contributed by atoms with E-state index < -0.39 is 55.9 Å². The van der Waals surface area contributed by atoms with E-state index in [9.17, 15) is 9.59 Å². The van der Waals surface area contributed by atoms with Crippen molar-refractivity contribution >= 4 is 72.3 Å². The molecule has 0 spiro atoms. The van der Waals surface area contributed by atoms with Gasteiger partial charge in [-0.1, -0.05) is 125 Å². The number of esters is 2. The molecule has 368 valence electrons. The number of ether oxygens (including phenoxy) is 2. The van der Waals surface area contributed by atoms with Crippen molar-refractivity contribution in [3.05, 3.63) is 117 Å². The maximum absolute atomic E-state index is 16.7. The fourth-order valence-corrected chi connectivity index (χ4v) is 12.8. The zero-order valence-corrected chi connectivity index (χ0v) is 43.3. The van der Waals surface area contributed by atoms with Gasteiger partial charge in [-0.25, -0.2) is 16.8 Å². The fraction of sp³-hybridized carbons (Fsp3) is 0.491. The zero-order valence-electron chi connectivity index (χ0n) is 40.2. The minimum atomic E-state index is -4.47. The van der Waals surface area contributed by atoms with E-state index >= 15 is 21.6 Å². The van der Waals surface area contributed by atoms with Gasteiger partial charge >= 0.3 is 11.9 Å². The molecule has 0 N–H and O–H groups in total. The first-order chi connectivity index (χ1) is 32.2. The molecule has 4 aromatic carbocycles. The van der Waals surface area contributed by atoms with Crippen LogP contribution < -0.4 is 8.61 Å². The molecule has 11 nitrogen and oxygen atoms in total. The highest BCUT2D eigenvalue weighted by Crippen LogP contribution is 2.55. The second-order valence-electron chi connectivity index (χ2n) is 19.4. The summed E-state index contributed by atoms with van der Waals surface area (Å²) in [6.45, 7) is 10.5. The van der Waals surface area contributed by atoms with Gasteiger partial charge in [-0.05, 0) is 136 Å². The van der Waals surface area contributed by atoms with Crippen molar-refractivity contribution in [2.75, 3.05) is 34.9 Å². The lowest BCUT2D eigenvalue weighted by molar-refractivity contribution is -0.143. The van der Waals surface area contributed by atoms with Gasteiger partial charge in [0.05, 0.1) is 45.2 Å². The lowest BCUT2D eigenvalue weighted by Crippen LogP contribution is -2.52. The molecule has 68 heavy (non-hydrogen) atoms. The summed E-state index contributed by atoms with van der Waals surface area (Å²) in [5.41, 5.74) is -0.128. The molecule has 2 aliphatic carbocycles. The van der Waals surface area contributed by atoms with E-state index in [1.165, 1.54) is 24.3 Å². The van der Waals surface area contributed by atoms with Gasteiger partial charge in [-0.15, -0.1) is 0 Å². The van der Waals surface area contributed by atoms with Crippen LogP contribution in [0.5, 0.6) is 0 Å². The van der Waals surface area contributed by atoms with E-state index in [4.69, 9.17) is 32.7 Å². The Bertz CT molecular complexity index is 2460. The van der Waals surface area contributed by atoms with Crippen molar-refractivity contribution in [1.29, 1.82) is 0 Å². The molecule has 0 aliphatic heterocycles. The molecule has 0 radical (unpaired) electrons. The summed E-state index contributed by atoms with van der Waals surface area (Å²) in [5.74, 6) is -1.26. The predicted octanol–water partition coefficient (Wildman–Crippen LogP) is 11.9. The first kappa shape index (κ1) is 52.9. The van der Waals surface area contributed by atoms with E-state index in [1.54, 1.807) is 60.7 Å². The summed E-state index contributed by atoms with van der Waals surface area (Å²) in [4.78, 5) is 44.2. The van der Waals surface area contributed by atoms with Crippen LogP contribution in [-0.2, 0) is 54.7 Å². The first-order valence-electron chi connectivity index (χ1n) is 23.9. The highest BCUT2D eigenvalue weighted by molar-refractivity contribution is 7.93. The van der Waals surface area contributed by atoms with Gasteiger partial charge in [-0.2, -0.15) is 0 Å². The Morgan fingerprint density at radius 1 is 0.544 bits per heavy atom. The molecular formula is C53H66Cl2N2O9S2. The SMILES string of the molecule is Cc1ccc(S(=O)(=O)N(CC(=O)OCCC(C)C)c2ccc(Cl)cc2C2(C(=O)C3(c4cc(Cl)ccc4N(CC(=O)OCCC(C)C)S(=O)(=O)c4ccc(C)cc4)CCCCC3)CCCCC2)cc1. The quantitative estimate of drug-likeness (QED) is 0.0790. The van der Waals surface area contributed by atoms with Crippen LogP contribution in [0.25, 0.3) is 0 Å². The number of aryl methyl sites for hydroxylation is 2. The fourth-order valence-electron chi connectivity index (χ4n) is 9.64. The number of carbonyl (C=O) groups excluding carboxylic acids is 3. The number of carbonyl (C=O) groups is 3. The maximum atomic E-state index is 16.7. The van der Waals surface area contributed by atoms with Gasteiger partial charge in [0.15, 0.2) is 5.78 Å². The molecule has 15 heteroatoms. The topological polar surface area (TPSA) is 144 Å². The molecule has 0 heterocycles. The summed E-state index contributed by atoms with van der Waals surface area (Å²) < 4.78 is 73.4. The van der Waals surface area contributed by atoms with Crippen LogP contribution in [0.1, 0.15) is 127 Å². The number of Topliss-reactive ketones (excluding diaryl/α,β-unsaturated/α-hetero) is 1. The van der Waals surface area contributed by atoms with Crippen LogP contribution in [0.15, 0.2) is 94.7 Å². The minimum absolute atomic E-state index is 0.0482. The summed E-state index contributed by atoms with van der Waals surface area (Å²) in [7, 11) is -8.95.